The molecule has 0 spiro atoms. The maximum Gasteiger partial charge on any atom is 0.332 e. The number of hydrogen-bond donors (Lipinski definition) is 0. The van der Waals surface area contributed by atoms with Gasteiger partial charge in [0.1, 0.15) is 5.65 Å². The number of aryl methyl sites for hydroxylation is 4. The van der Waals surface area contributed by atoms with Gasteiger partial charge in [-0.1, -0.05) is 0 Å². The monoisotopic (exact) mass is 316 g/mol. The third kappa shape index (κ3) is 2.37. The summed E-state index contributed by atoms with van der Waals surface area (Å²) in [5.41, 5.74) is 0.758. The molecule has 3 aromatic rings. The van der Waals surface area contributed by atoms with Crippen LogP contribution in [0, 0.1) is 13.8 Å². The third-order valence-corrected chi connectivity index (χ3v) is 4.79. The molecule has 0 aliphatic heterocycles. The maximum atomic E-state index is 12.5. The van der Waals surface area contributed by atoms with Crippen LogP contribution in [0.15, 0.2) is 27.9 Å². The van der Waals surface area contributed by atoms with Gasteiger partial charge in [-0.3, -0.25) is 13.9 Å². The highest BCUT2D eigenvalue weighted by Crippen LogP contribution is 2.17. The van der Waals surface area contributed by atoms with Crippen LogP contribution in [0.4, 0.5) is 0 Å². The van der Waals surface area contributed by atoms with Crippen molar-refractivity contribution in [3.63, 3.8) is 0 Å². The van der Waals surface area contributed by atoms with E-state index in [-0.39, 0.29) is 11.2 Å². The number of rotatable bonds is 3. The number of pyridine rings is 1. The maximum absolute atomic E-state index is 12.5. The highest BCUT2D eigenvalue weighted by atomic mass is 32.1. The Balaban J connectivity index is 2.06. The second-order valence-electron chi connectivity index (χ2n) is 5.16. The SMILES string of the molecule is Cc1nc(C)c(CCn2c(=O)c3cccnc3n(C)c2=O)s1. The largest absolute Gasteiger partial charge is 0.332 e. The quantitative estimate of drug-likeness (QED) is 0.732. The Bertz CT molecular complexity index is 968. The van der Waals surface area contributed by atoms with Crippen LogP contribution in [0.25, 0.3) is 11.0 Å². The molecule has 0 saturated carbocycles. The predicted octanol–water partition coefficient (Wildman–Crippen LogP) is 1.41. The minimum atomic E-state index is -0.338. The van der Waals surface area contributed by atoms with Crippen LogP contribution in [0.5, 0.6) is 0 Å². The van der Waals surface area contributed by atoms with Crippen LogP contribution >= 0.6 is 11.3 Å². The minimum Gasteiger partial charge on any atom is -0.280 e. The van der Waals surface area contributed by atoms with Gasteiger partial charge in [0.2, 0.25) is 0 Å². The summed E-state index contributed by atoms with van der Waals surface area (Å²) in [6.07, 6.45) is 2.20. The molecule has 0 saturated heterocycles. The molecule has 0 bridgehead atoms. The number of aromatic nitrogens is 4. The lowest BCUT2D eigenvalue weighted by Gasteiger charge is -2.09. The molecule has 114 valence electrons. The summed E-state index contributed by atoms with van der Waals surface area (Å²) in [4.78, 5) is 34.5. The van der Waals surface area contributed by atoms with Crippen LogP contribution in [0.1, 0.15) is 15.6 Å². The van der Waals surface area contributed by atoms with Crippen molar-refractivity contribution in [2.75, 3.05) is 0 Å². The van der Waals surface area contributed by atoms with E-state index in [2.05, 4.69) is 9.97 Å². The fraction of sp³-hybridized carbons (Fsp3) is 0.333. The summed E-state index contributed by atoms with van der Waals surface area (Å²) in [6, 6.07) is 3.40. The first-order valence-electron chi connectivity index (χ1n) is 6.96. The van der Waals surface area contributed by atoms with Gasteiger partial charge in [-0.2, -0.15) is 0 Å². The van der Waals surface area contributed by atoms with Crippen molar-refractivity contribution in [3.05, 3.63) is 54.7 Å². The molecule has 6 nitrogen and oxygen atoms in total. The van der Waals surface area contributed by atoms with Crippen molar-refractivity contribution < 1.29 is 0 Å². The van der Waals surface area contributed by atoms with Gasteiger partial charge in [0.05, 0.1) is 16.1 Å². The van der Waals surface area contributed by atoms with Gasteiger partial charge < -0.3 is 0 Å². The lowest BCUT2D eigenvalue weighted by atomic mass is 10.3. The second-order valence-corrected chi connectivity index (χ2v) is 6.45. The Kier molecular flexibility index (Phi) is 3.66. The Morgan fingerprint density at radius 1 is 1.27 bits per heavy atom. The zero-order valence-corrected chi connectivity index (χ0v) is 13.5. The van der Waals surface area contributed by atoms with Gasteiger partial charge in [0, 0.05) is 31.1 Å². The van der Waals surface area contributed by atoms with Crippen LogP contribution in [0.3, 0.4) is 0 Å². The van der Waals surface area contributed by atoms with Gasteiger partial charge in [0.25, 0.3) is 5.56 Å². The Hall–Kier alpha value is -2.28. The summed E-state index contributed by atoms with van der Waals surface area (Å²) in [6.45, 7) is 4.25. The smallest absolute Gasteiger partial charge is 0.280 e. The van der Waals surface area contributed by atoms with E-state index in [0.717, 1.165) is 15.6 Å². The molecule has 3 rings (SSSR count). The molecule has 22 heavy (non-hydrogen) atoms. The number of hydrogen-bond acceptors (Lipinski definition) is 5. The molecule has 0 aliphatic rings. The fourth-order valence-electron chi connectivity index (χ4n) is 2.55. The fourth-order valence-corrected chi connectivity index (χ4v) is 3.48. The van der Waals surface area contributed by atoms with E-state index in [1.807, 2.05) is 13.8 Å². The molecule has 7 heteroatoms. The van der Waals surface area contributed by atoms with Crippen molar-refractivity contribution in [2.24, 2.45) is 7.05 Å². The summed E-state index contributed by atoms with van der Waals surface area (Å²) < 4.78 is 2.69. The summed E-state index contributed by atoms with van der Waals surface area (Å²) in [5.74, 6) is 0. The number of fused-ring (bicyclic) bond motifs is 1. The Labute approximate surface area is 130 Å². The topological polar surface area (TPSA) is 69.8 Å². The van der Waals surface area contributed by atoms with Crippen molar-refractivity contribution >= 4 is 22.4 Å². The summed E-state index contributed by atoms with van der Waals surface area (Å²) >= 11 is 1.61. The molecule has 0 aromatic carbocycles. The molecule has 0 N–H and O–H groups in total. The van der Waals surface area contributed by atoms with E-state index in [9.17, 15) is 9.59 Å². The van der Waals surface area contributed by atoms with Crippen LogP contribution in [-0.2, 0) is 20.0 Å². The van der Waals surface area contributed by atoms with E-state index in [0.29, 0.717) is 24.0 Å². The highest BCUT2D eigenvalue weighted by molar-refractivity contribution is 7.11. The van der Waals surface area contributed by atoms with Crippen molar-refractivity contribution in [1.82, 2.24) is 19.1 Å². The lowest BCUT2D eigenvalue weighted by molar-refractivity contribution is 0.604. The molecule has 3 heterocycles. The number of nitrogens with zero attached hydrogens (tertiary/aromatic N) is 4. The molecule has 0 fully saturated rings. The van der Waals surface area contributed by atoms with Crippen molar-refractivity contribution in [2.45, 2.75) is 26.8 Å². The van der Waals surface area contributed by atoms with Crippen LogP contribution < -0.4 is 11.2 Å². The zero-order valence-electron chi connectivity index (χ0n) is 12.7. The normalized spacial score (nSPS) is 11.2. The van der Waals surface area contributed by atoms with Gasteiger partial charge in [-0.25, -0.2) is 14.8 Å². The average Bonchev–Trinajstić information content (AvgIpc) is 2.83. The molecule has 0 atom stereocenters. The van der Waals surface area contributed by atoms with Gasteiger partial charge in [0.15, 0.2) is 0 Å². The van der Waals surface area contributed by atoms with E-state index in [4.69, 9.17) is 0 Å². The van der Waals surface area contributed by atoms with Crippen molar-refractivity contribution in [3.8, 4) is 0 Å². The number of thiazole rings is 1. The van der Waals surface area contributed by atoms with E-state index < -0.39 is 0 Å². The Morgan fingerprint density at radius 2 is 2.05 bits per heavy atom. The molecule has 0 unspecified atom stereocenters. The molecule has 0 radical (unpaired) electrons. The van der Waals surface area contributed by atoms with Gasteiger partial charge >= 0.3 is 5.69 Å². The van der Waals surface area contributed by atoms with Crippen LogP contribution in [0.2, 0.25) is 0 Å². The highest BCUT2D eigenvalue weighted by Gasteiger charge is 2.12. The van der Waals surface area contributed by atoms with E-state index in [1.165, 1.54) is 9.13 Å². The predicted molar refractivity (Wildman–Crippen MR) is 86.5 cm³/mol. The average molecular weight is 316 g/mol. The third-order valence-electron chi connectivity index (χ3n) is 3.66. The molecule has 3 aromatic heterocycles. The van der Waals surface area contributed by atoms with E-state index in [1.54, 1.807) is 36.7 Å². The molecular formula is C15H16N4O2S. The first-order valence-corrected chi connectivity index (χ1v) is 7.78. The van der Waals surface area contributed by atoms with Gasteiger partial charge in [-0.15, -0.1) is 11.3 Å². The van der Waals surface area contributed by atoms with E-state index >= 15 is 0 Å². The first-order chi connectivity index (χ1) is 10.5. The zero-order chi connectivity index (χ0) is 15.9. The molecule has 0 amide bonds. The minimum absolute atomic E-state index is 0.287. The summed E-state index contributed by atoms with van der Waals surface area (Å²) in [5, 5.41) is 1.46. The molecule has 0 aliphatic carbocycles. The molecular weight excluding hydrogens is 300 g/mol. The summed E-state index contributed by atoms with van der Waals surface area (Å²) in [7, 11) is 1.63. The Morgan fingerprint density at radius 3 is 2.73 bits per heavy atom. The lowest BCUT2D eigenvalue weighted by Crippen LogP contribution is -2.39. The standard InChI is InChI=1S/C15H16N4O2S/c1-9-12(22-10(2)17-9)6-8-19-14(20)11-5-4-7-16-13(11)18(3)15(19)21/h4-5,7H,6,8H2,1-3H3. The van der Waals surface area contributed by atoms with Crippen LogP contribution in [-0.4, -0.2) is 19.1 Å². The van der Waals surface area contributed by atoms with Crippen molar-refractivity contribution in [1.29, 1.82) is 0 Å². The van der Waals surface area contributed by atoms with Gasteiger partial charge in [-0.05, 0) is 26.0 Å². The first kappa shape index (κ1) is 14.6. The second kappa shape index (κ2) is 5.49.